The van der Waals surface area contributed by atoms with Gasteiger partial charge in [-0.25, -0.2) is 4.79 Å². The van der Waals surface area contributed by atoms with Gasteiger partial charge in [0.05, 0.1) is 12.6 Å². The van der Waals surface area contributed by atoms with Crippen molar-refractivity contribution in [3.63, 3.8) is 0 Å². The minimum atomic E-state index is -0.894. The third-order valence-electron chi connectivity index (χ3n) is 3.44. The summed E-state index contributed by atoms with van der Waals surface area (Å²) in [7, 11) is 0. The molecule has 0 spiro atoms. The number of benzene rings is 1. The van der Waals surface area contributed by atoms with Gasteiger partial charge in [-0.3, -0.25) is 4.90 Å². The highest BCUT2D eigenvalue weighted by Crippen LogP contribution is 2.32. The van der Waals surface area contributed by atoms with Crippen LogP contribution < -0.4 is 0 Å². The Hall–Kier alpha value is -1.55. The first-order chi connectivity index (χ1) is 8.80. The van der Waals surface area contributed by atoms with Crippen LogP contribution in [0.4, 0.5) is 4.79 Å². The van der Waals surface area contributed by atoms with E-state index in [-0.39, 0.29) is 12.1 Å². The average Bonchev–Trinajstić information content (AvgIpc) is 3.10. The van der Waals surface area contributed by atoms with E-state index >= 15 is 0 Å². The number of hydrogen-bond donors (Lipinski definition) is 1. The largest absolute Gasteiger partial charge is 0.465 e. The van der Waals surface area contributed by atoms with Crippen LogP contribution in [-0.4, -0.2) is 28.2 Å². The number of rotatable bonds is 3. The molecule has 0 aliphatic carbocycles. The van der Waals surface area contributed by atoms with Crippen molar-refractivity contribution < 1.29 is 14.6 Å². The van der Waals surface area contributed by atoms with Crippen LogP contribution in [0.15, 0.2) is 24.3 Å². The Labute approximate surface area is 114 Å². The summed E-state index contributed by atoms with van der Waals surface area (Å²) in [5.74, 6) is 0. The minimum absolute atomic E-state index is 0.174. The van der Waals surface area contributed by atoms with Crippen LogP contribution in [0.25, 0.3) is 0 Å². The zero-order valence-corrected chi connectivity index (χ0v) is 11.9. The number of nitrogens with zero attached hydrogens (tertiary/aromatic N) is 1. The molecule has 1 aromatic carbocycles. The van der Waals surface area contributed by atoms with Crippen LogP contribution in [0.3, 0.4) is 0 Å². The maximum atomic E-state index is 11.5. The van der Waals surface area contributed by atoms with Gasteiger partial charge in [-0.1, -0.05) is 24.3 Å². The first-order valence-corrected chi connectivity index (χ1v) is 6.54. The topological polar surface area (TPSA) is 53.1 Å². The molecule has 1 fully saturated rings. The third-order valence-corrected chi connectivity index (χ3v) is 3.44. The highest BCUT2D eigenvalue weighted by Gasteiger charge is 2.32. The van der Waals surface area contributed by atoms with Crippen molar-refractivity contribution in [2.75, 3.05) is 6.61 Å². The van der Waals surface area contributed by atoms with Crippen LogP contribution in [0, 0.1) is 0 Å². The maximum Gasteiger partial charge on any atom is 0.408 e. The second-order valence-corrected chi connectivity index (χ2v) is 5.99. The Balaban J connectivity index is 2.20. The van der Waals surface area contributed by atoms with Crippen molar-refractivity contribution in [2.24, 2.45) is 0 Å². The summed E-state index contributed by atoms with van der Waals surface area (Å²) in [4.78, 5) is 12.9. The number of carboxylic acid groups (broad SMARTS) is 1. The zero-order chi connectivity index (χ0) is 14.2. The summed E-state index contributed by atoms with van der Waals surface area (Å²) in [5, 5.41) is 9.40. The third kappa shape index (κ3) is 3.07. The fourth-order valence-electron chi connectivity index (χ4n) is 2.41. The quantitative estimate of drug-likeness (QED) is 0.848. The molecule has 0 aromatic heterocycles. The standard InChI is InChI=1S/C15H21NO3/c1-10(16(14(17)18)15(2,3)4)11-5-7-12(8-6-11)13-9-19-13/h5-8,10,13H,9H2,1-4H3,(H,17,18)/t10-,13?/m0/s1. The molecule has 2 atom stereocenters. The van der Waals surface area contributed by atoms with Crippen LogP contribution in [0.5, 0.6) is 0 Å². The number of carbonyl (C=O) groups is 1. The van der Waals surface area contributed by atoms with Gasteiger partial charge in [-0.2, -0.15) is 0 Å². The van der Waals surface area contributed by atoms with Gasteiger partial charge in [0.2, 0.25) is 0 Å². The zero-order valence-electron chi connectivity index (χ0n) is 11.9. The Bertz CT molecular complexity index is 457. The lowest BCUT2D eigenvalue weighted by atomic mass is 9.98. The Morgan fingerprint density at radius 3 is 2.26 bits per heavy atom. The molecule has 0 radical (unpaired) electrons. The lowest BCUT2D eigenvalue weighted by Gasteiger charge is -2.38. The van der Waals surface area contributed by atoms with E-state index in [2.05, 4.69) is 0 Å². The number of ether oxygens (including phenoxy) is 1. The van der Waals surface area contributed by atoms with Crippen LogP contribution in [-0.2, 0) is 4.74 Å². The summed E-state index contributed by atoms with van der Waals surface area (Å²) in [5.41, 5.74) is 1.74. The van der Waals surface area contributed by atoms with E-state index in [0.717, 1.165) is 17.7 Å². The van der Waals surface area contributed by atoms with E-state index < -0.39 is 11.6 Å². The van der Waals surface area contributed by atoms with Crippen molar-refractivity contribution in [2.45, 2.75) is 45.4 Å². The van der Waals surface area contributed by atoms with Gasteiger partial charge in [0.25, 0.3) is 0 Å². The minimum Gasteiger partial charge on any atom is -0.465 e. The van der Waals surface area contributed by atoms with Gasteiger partial charge in [-0.05, 0) is 38.8 Å². The van der Waals surface area contributed by atoms with Gasteiger partial charge in [-0.15, -0.1) is 0 Å². The second-order valence-electron chi connectivity index (χ2n) is 5.99. The summed E-state index contributed by atoms with van der Waals surface area (Å²) >= 11 is 0. The SMILES string of the molecule is C[C@@H](c1ccc(C2CO2)cc1)N(C(=O)O)C(C)(C)C. The van der Waals surface area contributed by atoms with Crippen molar-refractivity contribution in [1.29, 1.82) is 0 Å². The van der Waals surface area contributed by atoms with Crippen LogP contribution >= 0.6 is 0 Å². The maximum absolute atomic E-state index is 11.5. The molecule has 1 aliphatic heterocycles. The Kier molecular flexibility index (Phi) is 3.54. The molecule has 19 heavy (non-hydrogen) atoms. The first kappa shape index (κ1) is 13.9. The molecular formula is C15H21NO3. The summed E-state index contributed by atoms with van der Waals surface area (Å²) in [6, 6.07) is 7.84. The molecule has 4 heteroatoms. The van der Waals surface area contributed by atoms with Crippen molar-refractivity contribution >= 4 is 6.09 Å². The fraction of sp³-hybridized carbons (Fsp3) is 0.533. The molecule has 104 valence electrons. The molecule has 0 saturated carbocycles. The molecule has 0 bridgehead atoms. The van der Waals surface area contributed by atoms with Gasteiger partial charge in [0.1, 0.15) is 6.10 Å². The summed E-state index contributed by atoms with van der Waals surface area (Å²) < 4.78 is 5.23. The first-order valence-electron chi connectivity index (χ1n) is 6.54. The molecular weight excluding hydrogens is 242 g/mol. The molecule has 4 nitrogen and oxygen atoms in total. The number of amides is 1. The van der Waals surface area contributed by atoms with E-state index in [9.17, 15) is 9.90 Å². The molecule has 1 aliphatic rings. The lowest BCUT2D eigenvalue weighted by Crippen LogP contribution is -2.46. The van der Waals surface area contributed by atoms with Crippen molar-refractivity contribution in [1.82, 2.24) is 4.90 Å². The lowest BCUT2D eigenvalue weighted by molar-refractivity contribution is 0.0753. The molecule has 1 amide bonds. The van der Waals surface area contributed by atoms with Gasteiger partial charge in [0, 0.05) is 5.54 Å². The van der Waals surface area contributed by atoms with E-state index in [1.165, 1.54) is 4.90 Å². The van der Waals surface area contributed by atoms with Gasteiger partial charge in [0.15, 0.2) is 0 Å². The van der Waals surface area contributed by atoms with Gasteiger partial charge >= 0.3 is 6.09 Å². The average molecular weight is 263 g/mol. The molecule has 1 aromatic rings. The van der Waals surface area contributed by atoms with Crippen molar-refractivity contribution in [3.05, 3.63) is 35.4 Å². The smallest absolute Gasteiger partial charge is 0.408 e. The predicted molar refractivity (Wildman–Crippen MR) is 73.2 cm³/mol. The summed E-state index contributed by atoms with van der Waals surface area (Å²) in [6.45, 7) is 8.43. The molecule has 1 heterocycles. The molecule has 1 unspecified atom stereocenters. The number of epoxide rings is 1. The van der Waals surface area contributed by atoms with Crippen molar-refractivity contribution in [3.8, 4) is 0 Å². The highest BCUT2D eigenvalue weighted by molar-refractivity contribution is 5.66. The monoisotopic (exact) mass is 263 g/mol. The molecule has 2 rings (SSSR count). The normalized spacial score (nSPS) is 19.9. The second kappa shape index (κ2) is 4.85. The van der Waals surface area contributed by atoms with Crippen LogP contribution in [0.1, 0.15) is 51.0 Å². The van der Waals surface area contributed by atoms with Gasteiger partial charge < -0.3 is 9.84 Å². The fourth-order valence-corrected chi connectivity index (χ4v) is 2.41. The summed E-state index contributed by atoms with van der Waals surface area (Å²) in [6.07, 6.45) is -0.655. The van der Waals surface area contributed by atoms with E-state index in [1.54, 1.807) is 0 Å². The number of hydrogen-bond acceptors (Lipinski definition) is 2. The predicted octanol–water partition coefficient (Wildman–Crippen LogP) is 3.60. The highest BCUT2D eigenvalue weighted by atomic mass is 16.6. The Morgan fingerprint density at radius 2 is 1.89 bits per heavy atom. The van der Waals surface area contributed by atoms with Crippen LogP contribution in [0.2, 0.25) is 0 Å². The molecule has 1 saturated heterocycles. The Morgan fingerprint density at radius 1 is 1.37 bits per heavy atom. The van der Waals surface area contributed by atoms with E-state index in [4.69, 9.17) is 4.74 Å². The van der Waals surface area contributed by atoms with E-state index in [0.29, 0.717) is 0 Å². The van der Waals surface area contributed by atoms with E-state index in [1.807, 2.05) is 52.0 Å². The molecule has 1 N–H and O–H groups in total.